The molecule has 1 unspecified atom stereocenters. The molecule has 1 saturated carbocycles. The van der Waals surface area contributed by atoms with Crippen LogP contribution in [0.25, 0.3) is 0 Å². The van der Waals surface area contributed by atoms with Crippen LogP contribution in [0.15, 0.2) is 0 Å². The molecule has 1 fully saturated rings. The third-order valence-corrected chi connectivity index (χ3v) is 2.13. The van der Waals surface area contributed by atoms with E-state index in [4.69, 9.17) is 0 Å². The largest absolute Gasteiger partial charge is 0.353 e. The van der Waals surface area contributed by atoms with Gasteiger partial charge in [-0.15, -0.1) is 0 Å². The standard InChI is InChI=1S/C9H18N2O/c1-7(5-8-3-4-8)11-9(12)6-10-2/h7-8,10H,3-6H2,1-2H3,(H,11,12). The third kappa shape index (κ3) is 3.72. The summed E-state index contributed by atoms with van der Waals surface area (Å²) in [5.74, 6) is 0.987. The zero-order chi connectivity index (χ0) is 8.97. The Hall–Kier alpha value is -0.570. The van der Waals surface area contributed by atoms with E-state index in [2.05, 4.69) is 17.6 Å². The predicted molar refractivity (Wildman–Crippen MR) is 48.9 cm³/mol. The Morgan fingerprint density at radius 3 is 2.75 bits per heavy atom. The molecule has 0 spiro atoms. The summed E-state index contributed by atoms with van der Waals surface area (Å²) in [6, 6.07) is 0.346. The minimum absolute atomic E-state index is 0.102. The summed E-state index contributed by atoms with van der Waals surface area (Å²) in [7, 11) is 1.78. The van der Waals surface area contributed by atoms with Gasteiger partial charge < -0.3 is 10.6 Å². The lowest BCUT2D eigenvalue weighted by atomic mass is 10.1. The Labute approximate surface area is 73.9 Å². The molecule has 1 aliphatic rings. The minimum atomic E-state index is 0.102. The maximum Gasteiger partial charge on any atom is 0.234 e. The summed E-state index contributed by atoms with van der Waals surface area (Å²) < 4.78 is 0. The molecule has 1 amide bonds. The zero-order valence-corrected chi connectivity index (χ0v) is 7.89. The maximum atomic E-state index is 11.1. The van der Waals surface area contributed by atoms with Gasteiger partial charge in [0.2, 0.25) is 5.91 Å². The highest BCUT2D eigenvalue weighted by Crippen LogP contribution is 2.33. The topological polar surface area (TPSA) is 41.1 Å². The molecule has 1 rings (SSSR count). The molecule has 0 heterocycles. The van der Waals surface area contributed by atoms with E-state index < -0.39 is 0 Å². The van der Waals surface area contributed by atoms with E-state index in [9.17, 15) is 4.79 Å². The first kappa shape index (κ1) is 9.52. The second-order valence-electron chi connectivity index (χ2n) is 3.68. The average molecular weight is 170 g/mol. The van der Waals surface area contributed by atoms with Crippen LogP contribution >= 0.6 is 0 Å². The van der Waals surface area contributed by atoms with Gasteiger partial charge in [0.05, 0.1) is 6.54 Å². The smallest absolute Gasteiger partial charge is 0.234 e. The molecule has 3 nitrogen and oxygen atoms in total. The Bertz CT molecular complexity index is 155. The van der Waals surface area contributed by atoms with Crippen LogP contribution in [0.2, 0.25) is 0 Å². The van der Waals surface area contributed by atoms with Crippen LogP contribution in [0.5, 0.6) is 0 Å². The van der Waals surface area contributed by atoms with E-state index in [1.54, 1.807) is 7.05 Å². The Morgan fingerprint density at radius 1 is 1.58 bits per heavy atom. The number of hydrogen-bond acceptors (Lipinski definition) is 2. The molecule has 1 aliphatic carbocycles. The van der Waals surface area contributed by atoms with Crippen molar-refractivity contribution in [2.45, 2.75) is 32.2 Å². The summed E-state index contributed by atoms with van der Waals surface area (Å²) in [5.41, 5.74) is 0. The molecule has 12 heavy (non-hydrogen) atoms. The lowest BCUT2D eigenvalue weighted by Gasteiger charge is -2.12. The monoisotopic (exact) mass is 170 g/mol. The van der Waals surface area contributed by atoms with Crippen LogP contribution in [-0.2, 0) is 4.79 Å². The van der Waals surface area contributed by atoms with E-state index in [0.29, 0.717) is 12.6 Å². The van der Waals surface area contributed by atoms with Gasteiger partial charge in [0.1, 0.15) is 0 Å². The highest BCUT2D eigenvalue weighted by Gasteiger charge is 2.23. The second-order valence-corrected chi connectivity index (χ2v) is 3.68. The fourth-order valence-electron chi connectivity index (χ4n) is 1.40. The number of carbonyl (C=O) groups is 1. The molecule has 0 aromatic rings. The molecule has 70 valence electrons. The molecular formula is C9H18N2O. The van der Waals surface area contributed by atoms with Gasteiger partial charge in [-0.3, -0.25) is 4.79 Å². The SMILES string of the molecule is CNCC(=O)NC(C)CC1CC1. The van der Waals surface area contributed by atoms with Gasteiger partial charge >= 0.3 is 0 Å². The molecule has 0 aliphatic heterocycles. The summed E-state index contributed by atoms with van der Waals surface area (Å²) in [5, 5.41) is 5.78. The van der Waals surface area contributed by atoms with E-state index in [1.807, 2.05) is 0 Å². The maximum absolute atomic E-state index is 11.1. The molecule has 0 aromatic carbocycles. The minimum Gasteiger partial charge on any atom is -0.353 e. The van der Waals surface area contributed by atoms with Crippen molar-refractivity contribution in [2.24, 2.45) is 5.92 Å². The van der Waals surface area contributed by atoms with Crippen molar-refractivity contribution in [2.75, 3.05) is 13.6 Å². The molecule has 0 saturated heterocycles. The van der Waals surface area contributed by atoms with Crippen LogP contribution in [0, 0.1) is 5.92 Å². The normalized spacial score (nSPS) is 18.8. The predicted octanol–water partition coefficient (Wildman–Crippen LogP) is 0.511. The Balaban J connectivity index is 2.06. The van der Waals surface area contributed by atoms with Gasteiger partial charge in [0, 0.05) is 6.04 Å². The fourth-order valence-corrected chi connectivity index (χ4v) is 1.40. The van der Waals surface area contributed by atoms with Crippen molar-refractivity contribution in [3.63, 3.8) is 0 Å². The van der Waals surface area contributed by atoms with E-state index in [-0.39, 0.29) is 5.91 Å². The summed E-state index contributed by atoms with van der Waals surface area (Å²) in [6.45, 7) is 2.50. The first-order valence-electron chi connectivity index (χ1n) is 4.66. The Morgan fingerprint density at radius 2 is 2.25 bits per heavy atom. The molecular weight excluding hydrogens is 152 g/mol. The van der Waals surface area contributed by atoms with E-state index >= 15 is 0 Å². The number of rotatable bonds is 5. The van der Waals surface area contributed by atoms with Crippen LogP contribution in [0.1, 0.15) is 26.2 Å². The summed E-state index contributed by atoms with van der Waals surface area (Å²) >= 11 is 0. The average Bonchev–Trinajstić information content (AvgIpc) is 2.71. The quantitative estimate of drug-likeness (QED) is 0.631. The number of nitrogens with one attached hydrogen (secondary N) is 2. The van der Waals surface area contributed by atoms with Crippen molar-refractivity contribution in [3.8, 4) is 0 Å². The number of carbonyl (C=O) groups excluding carboxylic acids is 1. The summed E-state index contributed by atoms with van der Waals surface area (Å²) in [6.07, 6.45) is 3.86. The van der Waals surface area contributed by atoms with Gasteiger partial charge in [-0.25, -0.2) is 0 Å². The van der Waals surface area contributed by atoms with Gasteiger partial charge in [0.25, 0.3) is 0 Å². The fraction of sp³-hybridized carbons (Fsp3) is 0.889. The van der Waals surface area contributed by atoms with E-state index in [0.717, 1.165) is 12.3 Å². The van der Waals surface area contributed by atoms with Crippen molar-refractivity contribution >= 4 is 5.91 Å². The van der Waals surface area contributed by atoms with Crippen LogP contribution in [0.3, 0.4) is 0 Å². The van der Waals surface area contributed by atoms with Gasteiger partial charge in [0.15, 0.2) is 0 Å². The first-order chi connectivity index (χ1) is 5.72. The van der Waals surface area contributed by atoms with E-state index in [1.165, 1.54) is 12.8 Å². The van der Waals surface area contributed by atoms with Gasteiger partial charge in [-0.2, -0.15) is 0 Å². The third-order valence-electron chi connectivity index (χ3n) is 2.13. The van der Waals surface area contributed by atoms with Crippen molar-refractivity contribution in [1.82, 2.24) is 10.6 Å². The van der Waals surface area contributed by atoms with Gasteiger partial charge in [-0.05, 0) is 26.3 Å². The number of hydrogen-bond donors (Lipinski definition) is 2. The zero-order valence-electron chi connectivity index (χ0n) is 7.89. The highest BCUT2D eigenvalue weighted by molar-refractivity contribution is 5.78. The second kappa shape index (κ2) is 4.45. The van der Waals surface area contributed by atoms with Crippen molar-refractivity contribution in [3.05, 3.63) is 0 Å². The highest BCUT2D eigenvalue weighted by atomic mass is 16.1. The van der Waals surface area contributed by atoms with Crippen LogP contribution in [-0.4, -0.2) is 25.5 Å². The molecule has 3 heteroatoms. The van der Waals surface area contributed by atoms with Crippen molar-refractivity contribution in [1.29, 1.82) is 0 Å². The van der Waals surface area contributed by atoms with Crippen LogP contribution in [0.4, 0.5) is 0 Å². The Kier molecular flexibility index (Phi) is 3.53. The lowest BCUT2D eigenvalue weighted by molar-refractivity contribution is -0.120. The summed E-state index contributed by atoms with van der Waals surface area (Å²) in [4.78, 5) is 11.1. The molecule has 0 bridgehead atoms. The number of likely N-dealkylation sites (N-methyl/N-ethyl adjacent to an activating group) is 1. The number of amides is 1. The van der Waals surface area contributed by atoms with Crippen LogP contribution < -0.4 is 10.6 Å². The molecule has 1 atom stereocenters. The molecule has 0 radical (unpaired) electrons. The molecule has 2 N–H and O–H groups in total. The van der Waals surface area contributed by atoms with Crippen molar-refractivity contribution < 1.29 is 4.79 Å². The first-order valence-corrected chi connectivity index (χ1v) is 4.66. The molecule has 0 aromatic heterocycles. The van der Waals surface area contributed by atoms with Gasteiger partial charge in [-0.1, -0.05) is 12.8 Å². The lowest BCUT2D eigenvalue weighted by Crippen LogP contribution is -2.38.